The van der Waals surface area contributed by atoms with Crippen molar-refractivity contribution in [3.63, 3.8) is 0 Å². The normalized spacial score (nSPS) is 10.3. The van der Waals surface area contributed by atoms with Gasteiger partial charge in [-0.3, -0.25) is 4.79 Å². The quantitative estimate of drug-likeness (QED) is 0.636. The number of anilines is 1. The highest BCUT2D eigenvalue weighted by Crippen LogP contribution is 2.31. The van der Waals surface area contributed by atoms with Crippen LogP contribution in [0.4, 0.5) is 5.69 Å². The van der Waals surface area contributed by atoms with E-state index in [1.165, 1.54) is 24.0 Å². The average molecular weight is 254 g/mol. The zero-order valence-electron chi connectivity index (χ0n) is 8.11. The Balaban J connectivity index is 2.33. The average Bonchev–Trinajstić information content (AvgIpc) is 2.24. The molecule has 1 aromatic heterocycles. The Hall–Kier alpha value is -1.46. The molecule has 0 aliphatic carbocycles. The van der Waals surface area contributed by atoms with E-state index in [9.17, 15) is 4.79 Å². The molecule has 0 atom stereocenters. The van der Waals surface area contributed by atoms with Crippen molar-refractivity contribution in [2.45, 2.75) is 10.1 Å². The summed E-state index contributed by atoms with van der Waals surface area (Å²) < 4.78 is 0. The van der Waals surface area contributed by atoms with E-state index in [4.69, 9.17) is 17.3 Å². The molecule has 0 amide bonds. The fraction of sp³-hybridized carbons (Fsp3) is 0. The van der Waals surface area contributed by atoms with Crippen LogP contribution in [0, 0.1) is 0 Å². The number of nitrogens with two attached hydrogens (primary N) is 1. The van der Waals surface area contributed by atoms with Gasteiger partial charge in [-0.1, -0.05) is 11.6 Å². The number of aromatic nitrogens is 2. The van der Waals surface area contributed by atoms with Gasteiger partial charge in [0.15, 0.2) is 5.16 Å². The lowest BCUT2D eigenvalue weighted by Crippen LogP contribution is -2.05. The first-order chi connectivity index (χ1) is 7.65. The van der Waals surface area contributed by atoms with Crippen molar-refractivity contribution >= 4 is 29.1 Å². The maximum Gasteiger partial charge on any atom is 0.251 e. The Morgan fingerprint density at radius 3 is 2.94 bits per heavy atom. The number of hydrogen-bond donors (Lipinski definition) is 2. The van der Waals surface area contributed by atoms with Crippen molar-refractivity contribution in [3.8, 4) is 0 Å². The molecule has 0 radical (unpaired) electrons. The molecule has 4 nitrogen and oxygen atoms in total. The van der Waals surface area contributed by atoms with E-state index >= 15 is 0 Å². The van der Waals surface area contributed by atoms with Gasteiger partial charge in [-0.25, -0.2) is 4.98 Å². The molecular weight excluding hydrogens is 246 g/mol. The van der Waals surface area contributed by atoms with Crippen LogP contribution in [0.2, 0.25) is 5.02 Å². The third kappa shape index (κ3) is 2.56. The Kier molecular flexibility index (Phi) is 3.17. The Labute approximate surface area is 101 Å². The summed E-state index contributed by atoms with van der Waals surface area (Å²) in [5.41, 5.74) is 6.18. The smallest absolute Gasteiger partial charge is 0.251 e. The Morgan fingerprint density at radius 1 is 1.38 bits per heavy atom. The summed E-state index contributed by atoms with van der Waals surface area (Å²) >= 11 is 7.12. The van der Waals surface area contributed by atoms with E-state index in [1.54, 1.807) is 18.2 Å². The van der Waals surface area contributed by atoms with E-state index < -0.39 is 0 Å². The molecule has 0 spiro atoms. The van der Waals surface area contributed by atoms with Crippen LogP contribution >= 0.6 is 23.4 Å². The summed E-state index contributed by atoms with van der Waals surface area (Å²) in [4.78, 5) is 18.4. The highest BCUT2D eigenvalue weighted by Gasteiger charge is 2.04. The summed E-state index contributed by atoms with van der Waals surface area (Å²) in [6.07, 6.45) is 1.45. The number of nitrogen functional groups attached to an aromatic ring is 1. The molecule has 0 unspecified atom stereocenters. The Morgan fingerprint density at radius 2 is 2.19 bits per heavy atom. The van der Waals surface area contributed by atoms with Gasteiger partial charge in [0.2, 0.25) is 0 Å². The molecule has 82 valence electrons. The van der Waals surface area contributed by atoms with E-state index in [-0.39, 0.29) is 5.56 Å². The molecule has 2 rings (SSSR count). The second kappa shape index (κ2) is 4.59. The van der Waals surface area contributed by atoms with Gasteiger partial charge in [-0.2, -0.15) is 0 Å². The zero-order valence-corrected chi connectivity index (χ0v) is 9.68. The van der Waals surface area contributed by atoms with Crippen LogP contribution in [0.15, 0.2) is 45.3 Å². The molecule has 0 bridgehead atoms. The number of H-pyrrole nitrogens is 1. The minimum Gasteiger partial charge on any atom is -0.398 e. The van der Waals surface area contributed by atoms with E-state index in [2.05, 4.69) is 9.97 Å². The molecule has 0 saturated heterocycles. The SMILES string of the molecule is Nc1ccc(Cl)cc1Sc1nccc(=O)[nH]1. The van der Waals surface area contributed by atoms with Crippen molar-refractivity contribution < 1.29 is 0 Å². The van der Waals surface area contributed by atoms with Crippen molar-refractivity contribution in [3.05, 3.63) is 45.8 Å². The summed E-state index contributed by atoms with van der Waals surface area (Å²) in [6.45, 7) is 0. The number of hydrogen-bond acceptors (Lipinski definition) is 4. The van der Waals surface area contributed by atoms with Crippen LogP contribution in [0.1, 0.15) is 0 Å². The molecule has 3 N–H and O–H groups in total. The van der Waals surface area contributed by atoms with Gasteiger partial charge in [-0.15, -0.1) is 0 Å². The standard InChI is InChI=1S/C10H8ClN3OS/c11-6-1-2-7(12)8(5-6)16-10-13-4-3-9(15)14-10/h1-5H,12H2,(H,13,14,15). The number of benzene rings is 1. The van der Waals surface area contributed by atoms with Gasteiger partial charge in [0.1, 0.15) is 0 Å². The molecule has 0 fully saturated rings. The molecule has 6 heteroatoms. The van der Waals surface area contributed by atoms with Crippen molar-refractivity contribution in [1.29, 1.82) is 0 Å². The molecule has 0 saturated carbocycles. The summed E-state index contributed by atoms with van der Waals surface area (Å²) in [7, 11) is 0. The molecular formula is C10H8ClN3OS. The second-order valence-corrected chi connectivity index (χ2v) is 4.49. The fourth-order valence-electron chi connectivity index (χ4n) is 1.10. The van der Waals surface area contributed by atoms with Gasteiger partial charge in [-0.05, 0) is 30.0 Å². The van der Waals surface area contributed by atoms with Gasteiger partial charge < -0.3 is 10.7 Å². The van der Waals surface area contributed by atoms with Crippen LogP contribution in [0.3, 0.4) is 0 Å². The van der Waals surface area contributed by atoms with Crippen LogP contribution in [-0.4, -0.2) is 9.97 Å². The Bertz CT molecular complexity index is 570. The molecule has 1 aromatic carbocycles. The topological polar surface area (TPSA) is 71.8 Å². The molecule has 2 aromatic rings. The summed E-state index contributed by atoms with van der Waals surface area (Å²) in [6, 6.07) is 6.51. The van der Waals surface area contributed by atoms with E-state index in [0.29, 0.717) is 15.9 Å². The van der Waals surface area contributed by atoms with Crippen molar-refractivity contribution in [2.24, 2.45) is 0 Å². The maximum absolute atomic E-state index is 11.1. The molecule has 0 aliphatic rings. The van der Waals surface area contributed by atoms with E-state index in [1.807, 2.05) is 0 Å². The van der Waals surface area contributed by atoms with Crippen molar-refractivity contribution in [1.82, 2.24) is 9.97 Å². The number of nitrogens with one attached hydrogen (secondary N) is 1. The van der Waals surface area contributed by atoms with Crippen LogP contribution in [0.25, 0.3) is 0 Å². The summed E-state index contributed by atoms with van der Waals surface area (Å²) in [5.74, 6) is 0. The predicted molar refractivity (Wildman–Crippen MR) is 64.8 cm³/mol. The first-order valence-electron chi connectivity index (χ1n) is 4.43. The lowest BCUT2D eigenvalue weighted by Gasteiger charge is -2.04. The monoisotopic (exact) mass is 253 g/mol. The first kappa shape index (κ1) is 11.0. The lowest BCUT2D eigenvalue weighted by atomic mass is 10.3. The van der Waals surface area contributed by atoms with Gasteiger partial charge in [0.05, 0.1) is 0 Å². The number of aromatic amines is 1. The summed E-state index contributed by atoms with van der Waals surface area (Å²) in [5, 5.41) is 1.08. The molecule has 0 aliphatic heterocycles. The third-order valence-electron chi connectivity index (χ3n) is 1.83. The third-order valence-corrected chi connectivity index (χ3v) is 3.04. The molecule has 1 heterocycles. The van der Waals surface area contributed by atoms with Gasteiger partial charge in [0.25, 0.3) is 5.56 Å². The highest BCUT2D eigenvalue weighted by atomic mass is 35.5. The van der Waals surface area contributed by atoms with Gasteiger partial charge in [0, 0.05) is 27.9 Å². The van der Waals surface area contributed by atoms with Crippen LogP contribution in [-0.2, 0) is 0 Å². The second-order valence-electron chi connectivity index (χ2n) is 3.02. The van der Waals surface area contributed by atoms with E-state index in [0.717, 1.165) is 4.90 Å². The minimum absolute atomic E-state index is 0.196. The largest absolute Gasteiger partial charge is 0.398 e. The maximum atomic E-state index is 11.1. The predicted octanol–water partition coefficient (Wildman–Crippen LogP) is 2.16. The zero-order chi connectivity index (χ0) is 11.5. The molecule has 16 heavy (non-hydrogen) atoms. The van der Waals surface area contributed by atoms with Gasteiger partial charge >= 0.3 is 0 Å². The lowest BCUT2D eigenvalue weighted by molar-refractivity contribution is 0.937. The fourth-order valence-corrected chi connectivity index (χ4v) is 2.19. The number of rotatable bonds is 2. The first-order valence-corrected chi connectivity index (χ1v) is 5.63. The van der Waals surface area contributed by atoms with Crippen molar-refractivity contribution in [2.75, 3.05) is 5.73 Å². The number of halogens is 1. The van der Waals surface area contributed by atoms with Crippen LogP contribution < -0.4 is 11.3 Å². The van der Waals surface area contributed by atoms with Crippen LogP contribution in [0.5, 0.6) is 0 Å². The minimum atomic E-state index is -0.196. The number of nitrogens with zero attached hydrogens (tertiary/aromatic N) is 1. The highest BCUT2D eigenvalue weighted by molar-refractivity contribution is 7.99.